The average molecular weight is 254 g/mol. The van der Waals surface area contributed by atoms with Crippen LogP contribution in [-0.2, 0) is 0 Å². The predicted molar refractivity (Wildman–Crippen MR) is 80.8 cm³/mol. The summed E-state index contributed by atoms with van der Waals surface area (Å²) in [4.78, 5) is 0. The smallest absolute Gasteiger partial charge is 0.127 e. The summed E-state index contributed by atoms with van der Waals surface area (Å²) in [7, 11) is 0. The minimum atomic E-state index is 0.859. The van der Waals surface area contributed by atoms with Crippen LogP contribution in [0.1, 0.15) is 37.7 Å². The van der Waals surface area contributed by atoms with Gasteiger partial charge in [-0.2, -0.15) is 0 Å². The fourth-order valence-corrected chi connectivity index (χ4v) is 3.18. The summed E-state index contributed by atoms with van der Waals surface area (Å²) >= 11 is 0. The molecule has 0 bridgehead atoms. The number of benzene rings is 2. The molecule has 1 fully saturated rings. The van der Waals surface area contributed by atoms with Crippen LogP contribution in [0.2, 0.25) is 0 Å². The molecule has 0 spiro atoms. The molecule has 0 radical (unpaired) electrons. The van der Waals surface area contributed by atoms with Crippen molar-refractivity contribution in [2.75, 3.05) is 6.61 Å². The van der Waals surface area contributed by atoms with Crippen molar-refractivity contribution in [3.63, 3.8) is 0 Å². The zero-order valence-electron chi connectivity index (χ0n) is 11.7. The second kappa shape index (κ2) is 5.64. The van der Waals surface area contributed by atoms with E-state index in [1.54, 1.807) is 0 Å². The summed E-state index contributed by atoms with van der Waals surface area (Å²) in [6.45, 7) is 3.02. The van der Waals surface area contributed by atoms with Gasteiger partial charge in [0.1, 0.15) is 5.75 Å². The van der Waals surface area contributed by atoms with Gasteiger partial charge in [0, 0.05) is 5.39 Å². The van der Waals surface area contributed by atoms with Crippen LogP contribution in [0.25, 0.3) is 10.8 Å². The van der Waals surface area contributed by atoms with Crippen LogP contribution in [0.4, 0.5) is 0 Å². The molecule has 1 aliphatic rings. The largest absolute Gasteiger partial charge is 0.493 e. The van der Waals surface area contributed by atoms with Gasteiger partial charge in [-0.1, -0.05) is 56.0 Å². The summed E-state index contributed by atoms with van der Waals surface area (Å²) in [6, 6.07) is 12.8. The van der Waals surface area contributed by atoms with Gasteiger partial charge in [0.05, 0.1) is 6.61 Å². The Balaban J connectivity index is 1.72. The van der Waals surface area contributed by atoms with E-state index in [0.29, 0.717) is 0 Å². The summed E-state index contributed by atoms with van der Waals surface area (Å²) in [5.41, 5.74) is 1.32. The van der Waals surface area contributed by atoms with E-state index >= 15 is 0 Å². The quantitative estimate of drug-likeness (QED) is 0.737. The summed E-state index contributed by atoms with van der Waals surface area (Å²) in [6.07, 6.45) is 6.84. The van der Waals surface area contributed by atoms with Crippen molar-refractivity contribution >= 4 is 10.8 Å². The maximum Gasteiger partial charge on any atom is 0.127 e. The lowest BCUT2D eigenvalue weighted by atomic mass is 10.0. The molecule has 0 saturated heterocycles. The lowest BCUT2D eigenvalue weighted by Gasteiger charge is -2.13. The third kappa shape index (κ3) is 2.75. The van der Waals surface area contributed by atoms with Crippen molar-refractivity contribution in [2.45, 2.75) is 39.0 Å². The molecular formula is C18H22O. The van der Waals surface area contributed by atoms with Crippen molar-refractivity contribution < 1.29 is 4.74 Å². The molecule has 100 valence electrons. The highest BCUT2D eigenvalue weighted by molar-refractivity contribution is 5.90. The first-order valence-corrected chi connectivity index (χ1v) is 7.46. The number of fused-ring (bicyclic) bond motifs is 1. The van der Waals surface area contributed by atoms with Gasteiger partial charge in [0.2, 0.25) is 0 Å². The minimum Gasteiger partial charge on any atom is -0.493 e. The molecule has 0 amide bonds. The van der Waals surface area contributed by atoms with Gasteiger partial charge in [0.15, 0.2) is 0 Å². The van der Waals surface area contributed by atoms with Gasteiger partial charge in [-0.05, 0) is 36.3 Å². The van der Waals surface area contributed by atoms with E-state index in [1.807, 2.05) is 0 Å². The molecule has 1 saturated carbocycles. The molecular weight excluding hydrogens is 232 g/mol. The van der Waals surface area contributed by atoms with Crippen molar-refractivity contribution in [1.82, 2.24) is 0 Å². The molecule has 0 aliphatic heterocycles. The lowest BCUT2D eigenvalue weighted by Crippen LogP contribution is -2.04. The minimum absolute atomic E-state index is 0.859. The molecule has 1 aliphatic carbocycles. The van der Waals surface area contributed by atoms with Crippen LogP contribution in [0, 0.1) is 12.8 Å². The zero-order chi connectivity index (χ0) is 13.1. The highest BCUT2D eigenvalue weighted by Gasteiger charge is 2.14. The molecule has 0 aromatic heterocycles. The van der Waals surface area contributed by atoms with Crippen molar-refractivity contribution in [3.8, 4) is 5.75 Å². The van der Waals surface area contributed by atoms with Gasteiger partial charge in [-0.3, -0.25) is 0 Å². The molecule has 19 heavy (non-hydrogen) atoms. The summed E-state index contributed by atoms with van der Waals surface area (Å²) < 4.78 is 6.04. The topological polar surface area (TPSA) is 9.23 Å². The number of hydrogen-bond donors (Lipinski definition) is 0. The van der Waals surface area contributed by atoms with Crippen LogP contribution in [0.15, 0.2) is 36.4 Å². The molecule has 0 heterocycles. The predicted octanol–water partition coefficient (Wildman–Crippen LogP) is 5.11. The van der Waals surface area contributed by atoms with Crippen molar-refractivity contribution in [3.05, 3.63) is 42.0 Å². The van der Waals surface area contributed by atoms with Crippen LogP contribution in [-0.4, -0.2) is 6.61 Å². The lowest BCUT2D eigenvalue weighted by molar-refractivity contribution is 0.282. The average Bonchev–Trinajstić information content (AvgIpc) is 2.95. The Morgan fingerprint density at radius 1 is 1.00 bits per heavy atom. The highest BCUT2D eigenvalue weighted by atomic mass is 16.5. The standard InChI is InChI=1S/C18H22O/c1-14-10-11-18(17-9-5-4-8-16(14)17)19-13-12-15-6-2-3-7-15/h4-5,8-11,15H,2-3,6-7,12-13H2,1H3. The Labute approximate surface area is 115 Å². The van der Waals surface area contributed by atoms with E-state index in [4.69, 9.17) is 4.74 Å². The number of rotatable bonds is 4. The van der Waals surface area contributed by atoms with Gasteiger partial charge >= 0.3 is 0 Å². The van der Waals surface area contributed by atoms with Gasteiger partial charge < -0.3 is 4.74 Å². The summed E-state index contributed by atoms with van der Waals surface area (Å²) in [5, 5.41) is 2.55. The van der Waals surface area contributed by atoms with E-state index in [1.165, 1.54) is 48.4 Å². The first-order valence-electron chi connectivity index (χ1n) is 7.46. The Bertz CT molecular complexity index is 553. The number of hydrogen-bond acceptors (Lipinski definition) is 1. The third-order valence-electron chi connectivity index (χ3n) is 4.36. The van der Waals surface area contributed by atoms with E-state index in [0.717, 1.165) is 18.3 Å². The highest BCUT2D eigenvalue weighted by Crippen LogP contribution is 2.30. The molecule has 1 heteroatoms. The number of ether oxygens (including phenoxy) is 1. The summed E-state index contributed by atoms with van der Waals surface area (Å²) in [5.74, 6) is 1.94. The Hall–Kier alpha value is -1.50. The molecule has 1 nitrogen and oxygen atoms in total. The molecule has 0 atom stereocenters. The maximum atomic E-state index is 6.04. The molecule has 0 N–H and O–H groups in total. The normalized spacial score (nSPS) is 16.1. The first kappa shape index (κ1) is 12.5. The Morgan fingerprint density at radius 3 is 2.53 bits per heavy atom. The van der Waals surface area contributed by atoms with Crippen molar-refractivity contribution in [1.29, 1.82) is 0 Å². The van der Waals surface area contributed by atoms with Gasteiger partial charge in [-0.25, -0.2) is 0 Å². The number of aryl methyl sites for hydroxylation is 1. The molecule has 2 aromatic rings. The second-order valence-corrected chi connectivity index (χ2v) is 5.71. The monoisotopic (exact) mass is 254 g/mol. The molecule has 0 unspecified atom stereocenters. The van der Waals surface area contributed by atoms with Gasteiger partial charge in [-0.15, -0.1) is 0 Å². The van der Waals surface area contributed by atoms with E-state index in [2.05, 4.69) is 43.3 Å². The van der Waals surface area contributed by atoms with Crippen LogP contribution >= 0.6 is 0 Å². The van der Waals surface area contributed by atoms with E-state index in [-0.39, 0.29) is 0 Å². The third-order valence-corrected chi connectivity index (χ3v) is 4.36. The van der Waals surface area contributed by atoms with E-state index in [9.17, 15) is 0 Å². The fraction of sp³-hybridized carbons (Fsp3) is 0.444. The Kier molecular flexibility index (Phi) is 3.72. The van der Waals surface area contributed by atoms with Gasteiger partial charge in [0.25, 0.3) is 0 Å². The molecule has 2 aromatic carbocycles. The zero-order valence-corrected chi connectivity index (χ0v) is 11.7. The Morgan fingerprint density at radius 2 is 1.74 bits per heavy atom. The molecule has 3 rings (SSSR count). The van der Waals surface area contributed by atoms with Crippen LogP contribution in [0.5, 0.6) is 5.75 Å². The first-order chi connectivity index (χ1) is 9.34. The van der Waals surface area contributed by atoms with Crippen molar-refractivity contribution in [2.24, 2.45) is 5.92 Å². The van der Waals surface area contributed by atoms with Crippen LogP contribution in [0.3, 0.4) is 0 Å². The SMILES string of the molecule is Cc1ccc(OCCC2CCCC2)c2ccccc12. The van der Waals surface area contributed by atoms with E-state index < -0.39 is 0 Å². The fourth-order valence-electron chi connectivity index (χ4n) is 3.18. The second-order valence-electron chi connectivity index (χ2n) is 5.71. The maximum absolute atomic E-state index is 6.04. The van der Waals surface area contributed by atoms with Crippen LogP contribution < -0.4 is 4.74 Å².